The van der Waals surface area contributed by atoms with Crippen LogP contribution in [-0.2, 0) is 0 Å². The first-order valence-electron chi connectivity index (χ1n) is 5.63. The van der Waals surface area contributed by atoms with Crippen molar-refractivity contribution in [1.82, 2.24) is 0 Å². The fourth-order valence-corrected chi connectivity index (χ4v) is 1.70. The minimum absolute atomic E-state index is 0.999. The van der Waals surface area contributed by atoms with E-state index in [4.69, 9.17) is 0 Å². The van der Waals surface area contributed by atoms with Gasteiger partial charge in [-0.05, 0) is 29.2 Å². The Balaban J connectivity index is 2.34. The largest absolute Gasteiger partial charge is 0.0622 e. The lowest BCUT2D eigenvalue weighted by molar-refractivity contribution is 1.23. The summed E-state index contributed by atoms with van der Waals surface area (Å²) in [4.78, 5) is 0. The maximum atomic E-state index is 3.46. The topological polar surface area (TPSA) is 0 Å². The molecule has 0 atom stereocenters. The number of hydrogen-bond acceptors (Lipinski definition) is 0. The van der Waals surface area contributed by atoms with Gasteiger partial charge < -0.3 is 0 Å². The molecule has 0 bridgehead atoms. The predicted molar refractivity (Wildman–Crippen MR) is 68.9 cm³/mol. The number of hydrogen-bond donors (Lipinski definition) is 0. The van der Waals surface area contributed by atoms with Gasteiger partial charge in [0.2, 0.25) is 0 Å². The van der Waals surface area contributed by atoms with Crippen molar-refractivity contribution in [3.8, 4) is 0 Å². The molecule has 0 amide bonds. The van der Waals surface area contributed by atoms with Crippen molar-refractivity contribution < 1.29 is 0 Å². The van der Waals surface area contributed by atoms with E-state index in [1.807, 2.05) is 24.3 Å². The van der Waals surface area contributed by atoms with Crippen LogP contribution in [0.5, 0.6) is 0 Å². The lowest BCUT2D eigenvalue weighted by Gasteiger charge is -2.04. The summed E-state index contributed by atoms with van der Waals surface area (Å²) in [7, 11) is 0. The molecule has 2 aromatic carbocycles. The van der Waals surface area contributed by atoms with E-state index in [2.05, 4.69) is 49.4 Å². The van der Waals surface area contributed by atoms with Crippen LogP contribution in [0.3, 0.4) is 0 Å². The molecule has 0 heteroatoms. The minimum Gasteiger partial charge on any atom is -0.0622 e. The van der Waals surface area contributed by atoms with Crippen LogP contribution in [0.15, 0.2) is 60.7 Å². The van der Waals surface area contributed by atoms with Gasteiger partial charge in [0.15, 0.2) is 0 Å². The molecular formula is C16H15. The van der Waals surface area contributed by atoms with E-state index in [-0.39, 0.29) is 0 Å². The highest BCUT2D eigenvalue weighted by Crippen LogP contribution is 2.18. The molecule has 2 rings (SSSR count). The van der Waals surface area contributed by atoms with Crippen LogP contribution in [0.4, 0.5) is 0 Å². The monoisotopic (exact) mass is 207 g/mol. The summed E-state index contributed by atoms with van der Waals surface area (Å²) in [6.07, 6.45) is 4.46. The van der Waals surface area contributed by atoms with Gasteiger partial charge in [-0.3, -0.25) is 0 Å². The van der Waals surface area contributed by atoms with Gasteiger partial charge in [0.05, 0.1) is 0 Å². The second-order valence-corrected chi connectivity index (χ2v) is 3.69. The van der Waals surface area contributed by atoms with Crippen LogP contribution in [0.2, 0.25) is 0 Å². The van der Waals surface area contributed by atoms with Crippen LogP contribution >= 0.6 is 0 Å². The smallest absolute Gasteiger partial charge is 0.00645 e. The van der Waals surface area contributed by atoms with Crippen molar-refractivity contribution in [1.29, 1.82) is 0 Å². The third-order valence-corrected chi connectivity index (χ3v) is 2.54. The summed E-state index contributed by atoms with van der Waals surface area (Å²) in [6.45, 7) is 2.16. The number of allylic oxidation sites excluding steroid dienone is 1. The Hall–Kier alpha value is -1.82. The second-order valence-electron chi connectivity index (χ2n) is 3.69. The molecule has 0 nitrogen and oxygen atoms in total. The Bertz CT molecular complexity index is 452. The summed E-state index contributed by atoms with van der Waals surface area (Å²) >= 11 is 0. The summed E-state index contributed by atoms with van der Waals surface area (Å²) < 4.78 is 0. The molecule has 0 heterocycles. The van der Waals surface area contributed by atoms with Gasteiger partial charge in [-0.1, -0.05) is 67.6 Å². The maximum absolute atomic E-state index is 3.46. The van der Waals surface area contributed by atoms with Crippen molar-refractivity contribution in [3.05, 3.63) is 77.9 Å². The minimum atomic E-state index is 0.999. The fraction of sp³-hybridized carbons (Fsp3) is 0.125. The van der Waals surface area contributed by atoms with E-state index < -0.39 is 0 Å². The highest BCUT2D eigenvalue weighted by Gasteiger charge is 1.98. The number of benzene rings is 2. The molecule has 16 heavy (non-hydrogen) atoms. The lowest BCUT2D eigenvalue weighted by atomic mass is 10.0. The Morgan fingerprint density at radius 1 is 0.875 bits per heavy atom. The van der Waals surface area contributed by atoms with Crippen LogP contribution in [0, 0.1) is 6.08 Å². The van der Waals surface area contributed by atoms with Crippen LogP contribution in [0.25, 0.3) is 5.57 Å². The Labute approximate surface area is 97.3 Å². The van der Waals surface area contributed by atoms with E-state index in [0.29, 0.717) is 0 Å². The molecule has 79 valence electrons. The molecule has 0 fully saturated rings. The molecule has 0 spiro atoms. The number of rotatable bonds is 3. The van der Waals surface area contributed by atoms with Crippen molar-refractivity contribution in [2.75, 3.05) is 0 Å². The summed E-state index contributed by atoms with van der Waals surface area (Å²) in [5, 5.41) is 0. The SMILES string of the molecule is CCC(=[C]c1ccccc1)c1ccccc1. The molecule has 0 N–H and O–H groups in total. The zero-order chi connectivity index (χ0) is 11.2. The zero-order valence-electron chi connectivity index (χ0n) is 9.48. The van der Waals surface area contributed by atoms with Crippen LogP contribution in [0.1, 0.15) is 24.5 Å². The van der Waals surface area contributed by atoms with Crippen LogP contribution in [-0.4, -0.2) is 0 Å². The van der Waals surface area contributed by atoms with Crippen molar-refractivity contribution in [2.45, 2.75) is 13.3 Å². The molecule has 0 aromatic heterocycles. The average Bonchev–Trinajstić information content (AvgIpc) is 2.38. The van der Waals surface area contributed by atoms with Gasteiger partial charge in [-0.25, -0.2) is 0 Å². The van der Waals surface area contributed by atoms with E-state index >= 15 is 0 Å². The van der Waals surface area contributed by atoms with Crippen LogP contribution < -0.4 is 0 Å². The Kier molecular flexibility index (Phi) is 3.55. The first-order chi connectivity index (χ1) is 7.90. The van der Waals surface area contributed by atoms with Gasteiger partial charge in [0.25, 0.3) is 0 Å². The second kappa shape index (κ2) is 5.32. The first-order valence-corrected chi connectivity index (χ1v) is 5.63. The fourth-order valence-electron chi connectivity index (χ4n) is 1.70. The van der Waals surface area contributed by atoms with Gasteiger partial charge >= 0.3 is 0 Å². The standard InChI is InChI=1S/C16H15/c1-2-15(16-11-7-4-8-12-16)13-14-9-5-3-6-10-14/h3-12H,2H2,1H3. The highest BCUT2D eigenvalue weighted by molar-refractivity contribution is 5.65. The van der Waals surface area contributed by atoms with E-state index in [0.717, 1.165) is 12.0 Å². The van der Waals surface area contributed by atoms with Crippen molar-refractivity contribution in [2.24, 2.45) is 0 Å². The Morgan fingerprint density at radius 2 is 1.44 bits per heavy atom. The molecule has 0 saturated carbocycles. The highest BCUT2D eigenvalue weighted by atomic mass is 14.0. The quantitative estimate of drug-likeness (QED) is 0.657. The molecule has 0 aliphatic rings. The Morgan fingerprint density at radius 3 is 2.00 bits per heavy atom. The summed E-state index contributed by atoms with van der Waals surface area (Å²) in [6, 6.07) is 20.7. The summed E-state index contributed by atoms with van der Waals surface area (Å²) in [5.41, 5.74) is 3.66. The molecule has 0 saturated heterocycles. The molecular weight excluding hydrogens is 192 g/mol. The average molecular weight is 207 g/mol. The maximum Gasteiger partial charge on any atom is -0.00645 e. The first kappa shape index (κ1) is 10.7. The predicted octanol–water partition coefficient (Wildman–Crippen LogP) is 4.33. The normalized spacial score (nSPS) is 11.4. The zero-order valence-corrected chi connectivity index (χ0v) is 9.48. The van der Waals surface area contributed by atoms with E-state index in [1.165, 1.54) is 11.1 Å². The third kappa shape index (κ3) is 2.60. The van der Waals surface area contributed by atoms with Gasteiger partial charge in [-0.15, -0.1) is 0 Å². The van der Waals surface area contributed by atoms with Gasteiger partial charge in [0, 0.05) is 0 Å². The van der Waals surface area contributed by atoms with E-state index in [1.54, 1.807) is 0 Å². The van der Waals surface area contributed by atoms with Gasteiger partial charge in [0.1, 0.15) is 0 Å². The third-order valence-electron chi connectivity index (χ3n) is 2.54. The van der Waals surface area contributed by atoms with E-state index in [9.17, 15) is 0 Å². The summed E-state index contributed by atoms with van der Waals surface area (Å²) in [5.74, 6) is 0. The molecule has 0 unspecified atom stereocenters. The van der Waals surface area contributed by atoms with Crippen molar-refractivity contribution in [3.63, 3.8) is 0 Å². The molecule has 2 aromatic rings. The molecule has 0 aliphatic heterocycles. The molecule has 1 radical (unpaired) electrons. The van der Waals surface area contributed by atoms with Crippen molar-refractivity contribution >= 4 is 5.57 Å². The lowest BCUT2D eigenvalue weighted by Crippen LogP contribution is -1.84. The van der Waals surface area contributed by atoms with Gasteiger partial charge in [-0.2, -0.15) is 0 Å². The molecule has 0 aliphatic carbocycles.